The lowest BCUT2D eigenvalue weighted by Gasteiger charge is -2.09. The molecule has 1 rings (SSSR count). The maximum atomic E-state index is 12.4. The van der Waals surface area contributed by atoms with Crippen molar-refractivity contribution in [3.05, 3.63) is 22.5 Å². The van der Waals surface area contributed by atoms with Gasteiger partial charge in [0.15, 0.2) is 0 Å². The Kier molecular flexibility index (Phi) is 3.89. The van der Waals surface area contributed by atoms with Gasteiger partial charge in [0.05, 0.1) is 23.7 Å². The first-order chi connectivity index (χ1) is 6.60. The second-order valence-corrected chi connectivity index (χ2v) is 3.11. The van der Waals surface area contributed by atoms with Gasteiger partial charge in [-0.1, -0.05) is 11.6 Å². The third-order valence-corrected chi connectivity index (χ3v) is 2.17. The van der Waals surface area contributed by atoms with Crippen molar-refractivity contribution in [3.8, 4) is 5.75 Å². The maximum absolute atomic E-state index is 12.4. The van der Waals surface area contributed by atoms with E-state index in [1.54, 1.807) is 0 Å². The van der Waals surface area contributed by atoms with E-state index in [2.05, 4.69) is 4.98 Å². The number of halogens is 4. The molecule has 0 aliphatic rings. The van der Waals surface area contributed by atoms with Gasteiger partial charge in [-0.05, 0) is 0 Å². The van der Waals surface area contributed by atoms with Crippen LogP contribution in [0, 0.1) is 0 Å². The first-order valence-corrected chi connectivity index (χ1v) is 4.58. The number of aromatic nitrogens is 1. The van der Waals surface area contributed by atoms with Gasteiger partial charge in [-0.15, -0.1) is 11.6 Å². The molecule has 0 atom stereocenters. The lowest BCUT2D eigenvalue weighted by Crippen LogP contribution is -2.00. The minimum absolute atomic E-state index is 0.0114. The van der Waals surface area contributed by atoms with Crippen LogP contribution in [0.2, 0.25) is 5.02 Å². The first-order valence-electron chi connectivity index (χ1n) is 3.67. The SMILES string of the molecule is COc1cc(Cl)c(CCl)nc1C(F)F. The molecule has 2 nitrogen and oxygen atoms in total. The Balaban J connectivity index is 3.25. The van der Waals surface area contributed by atoms with Gasteiger partial charge in [0.25, 0.3) is 6.43 Å². The molecule has 0 amide bonds. The van der Waals surface area contributed by atoms with Gasteiger partial charge in [-0.3, -0.25) is 0 Å². The van der Waals surface area contributed by atoms with Crippen LogP contribution in [0.4, 0.5) is 8.78 Å². The van der Waals surface area contributed by atoms with Crippen molar-refractivity contribution in [1.82, 2.24) is 4.98 Å². The van der Waals surface area contributed by atoms with Crippen molar-refractivity contribution in [2.45, 2.75) is 12.3 Å². The molecular weight excluding hydrogens is 235 g/mol. The fraction of sp³-hybridized carbons (Fsp3) is 0.375. The standard InChI is InChI=1S/C8H7Cl2F2NO/c1-14-6-2-4(10)5(3-9)13-7(6)8(11)12/h2,8H,3H2,1H3. The lowest BCUT2D eigenvalue weighted by molar-refractivity contribution is 0.141. The van der Waals surface area contributed by atoms with Crippen molar-refractivity contribution < 1.29 is 13.5 Å². The van der Waals surface area contributed by atoms with Crippen LogP contribution in [0.1, 0.15) is 17.8 Å². The highest BCUT2D eigenvalue weighted by Gasteiger charge is 2.18. The minimum atomic E-state index is -2.70. The fourth-order valence-electron chi connectivity index (χ4n) is 0.940. The Morgan fingerprint density at radius 3 is 2.64 bits per heavy atom. The summed E-state index contributed by atoms with van der Waals surface area (Å²) in [6.45, 7) is 0. The first kappa shape index (κ1) is 11.5. The predicted octanol–water partition coefficient (Wildman–Crippen LogP) is 3.42. The molecule has 6 heteroatoms. The number of nitrogens with zero attached hydrogens (tertiary/aromatic N) is 1. The summed E-state index contributed by atoms with van der Waals surface area (Å²) >= 11 is 11.2. The molecule has 0 fully saturated rings. The van der Waals surface area contributed by atoms with Crippen molar-refractivity contribution in [2.75, 3.05) is 7.11 Å². The van der Waals surface area contributed by atoms with Gasteiger partial charge in [-0.2, -0.15) is 0 Å². The molecule has 0 saturated carbocycles. The van der Waals surface area contributed by atoms with Crippen LogP contribution < -0.4 is 4.74 Å². The highest BCUT2D eigenvalue weighted by Crippen LogP contribution is 2.31. The number of rotatable bonds is 3. The Bertz CT molecular complexity index is 333. The molecule has 0 aromatic carbocycles. The number of pyridine rings is 1. The van der Waals surface area contributed by atoms with E-state index in [9.17, 15) is 8.78 Å². The second-order valence-electron chi connectivity index (χ2n) is 2.44. The zero-order valence-corrected chi connectivity index (χ0v) is 8.74. The Morgan fingerprint density at radius 2 is 2.21 bits per heavy atom. The van der Waals surface area contributed by atoms with E-state index in [0.29, 0.717) is 0 Å². The number of ether oxygens (including phenoxy) is 1. The molecule has 0 N–H and O–H groups in total. The molecule has 1 heterocycles. The van der Waals surface area contributed by atoms with Crippen LogP contribution in [0.25, 0.3) is 0 Å². The van der Waals surface area contributed by atoms with Crippen LogP contribution in [-0.4, -0.2) is 12.1 Å². The summed E-state index contributed by atoms with van der Waals surface area (Å²) in [5, 5.41) is 0.223. The van der Waals surface area contributed by atoms with Crippen molar-refractivity contribution in [2.24, 2.45) is 0 Å². The largest absolute Gasteiger partial charge is 0.495 e. The zero-order chi connectivity index (χ0) is 10.7. The van der Waals surface area contributed by atoms with Crippen molar-refractivity contribution in [1.29, 1.82) is 0 Å². The Labute approximate surface area is 89.8 Å². The monoisotopic (exact) mass is 241 g/mol. The van der Waals surface area contributed by atoms with Crippen LogP contribution >= 0.6 is 23.2 Å². The van der Waals surface area contributed by atoms with Crippen LogP contribution in [-0.2, 0) is 5.88 Å². The number of hydrogen-bond donors (Lipinski definition) is 0. The number of hydrogen-bond acceptors (Lipinski definition) is 2. The van der Waals surface area contributed by atoms with E-state index in [1.807, 2.05) is 0 Å². The Morgan fingerprint density at radius 1 is 1.57 bits per heavy atom. The molecule has 0 unspecified atom stereocenters. The number of methoxy groups -OCH3 is 1. The normalized spacial score (nSPS) is 10.7. The average molecular weight is 242 g/mol. The lowest BCUT2D eigenvalue weighted by atomic mass is 10.3. The molecule has 1 aromatic rings. The van der Waals surface area contributed by atoms with Gasteiger partial charge in [0, 0.05) is 6.07 Å². The summed E-state index contributed by atoms with van der Waals surface area (Å²) in [6.07, 6.45) is -2.70. The minimum Gasteiger partial charge on any atom is -0.495 e. The van der Waals surface area contributed by atoms with E-state index < -0.39 is 12.1 Å². The third-order valence-electron chi connectivity index (χ3n) is 1.59. The molecule has 0 aliphatic heterocycles. The molecule has 1 aromatic heterocycles. The summed E-state index contributed by atoms with van der Waals surface area (Å²) in [6, 6.07) is 1.29. The van der Waals surface area contributed by atoms with Crippen LogP contribution in [0.5, 0.6) is 5.75 Å². The van der Waals surface area contributed by atoms with Gasteiger partial charge >= 0.3 is 0 Å². The highest BCUT2D eigenvalue weighted by atomic mass is 35.5. The number of alkyl halides is 3. The smallest absolute Gasteiger partial charge is 0.284 e. The van der Waals surface area contributed by atoms with Crippen molar-refractivity contribution >= 4 is 23.2 Å². The zero-order valence-electron chi connectivity index (χ0n) is 7.23. The van der Waals surface area contributed by atoms with Gasteiger partial charge in [0.1, 0.15) is 11.4 Å². The van der Waals surface area contributed by atoms with E-state index in [1.165, 1.54) is 13.2 Å². The maximum Gasteiger partial charge on any atom is 0.284 e. The topological polar surface area (TPSA) is 22.1 Å². The summed E-state index contributed by atoms with van der Waals surface area (Å²) < 4.78 is 29.6. The van der Waals surface area contributed by atoms with E-state index in [-0.39, 0.29) is 22.3 Å². The van der Waals surface area contributed by atoms with Gasteiger partial charge < -0.3 is 4.74 Å². The third kappa shape index (κ3) is 2.25. The summed E-state index contributed by atoms with van der Waals surface area (Å²) in [5.41, 5.74) is -0.211. The molecule has 0 radical (unpaired) electrons. The quantitative estimate of drug-likeness (QED) is 0.757. The van der Waals surface area contributed by atoms with Crippen molar-refractivity contribution in [3.63, 3.8) is 0 Å². The summed E-state index contributed by atoms with van der Waals surface area (Å²) in [4.78, 5) is 3.62. The molecule has 0 saturated heterocycles. The summed E-state index contributed by atoms with van der Waals surface area (Å²) in [5.74, 6) is -0.0402. The predicted molar refractivity (Wildman–Crippen MR) is 50.3 cm³/mol. The van der Waals surface area contributed by atoms with Crippen LogP contribution in [0.15, 0.2) is 6.07 Å². The molecule has 14 heavy (non-hydrogen) atoms. The van der Waals surface area contributed by atoms with Gasteiger partial charge in [0.2, 0.25) is 0 Å². The molecule has 0 spiro atoms. The van der Waals surface area contributed by atoms with E-state index >= 15 is 0 Å². The van der Waals surface area contributed by atoms with Crippen LogP contribution in [0.3, 0.4) is 0 Å². The average Bonchev–Trinajstić information content (AvgIpc) is 2.16. The van der Waals surface area contributed by atoms with E-state index in [4.69, 9.17) is 27.9 Å². The van der Waals surface area contributed by atoms with E-state index in [0.717, 1.165) is 0 Å². The molecule has 0 aliphatic carbocycles. The van der Waals surface area contributed by atoms with Gasteiger partial charge in [-0.25, -0.2) is 13.8 Å². The molecular formula is C8H7Cl2F2NO. The summed E-state index contributed by atoms with van der Waals surface area (Å²) in [7, 11) is 1.28. The fourth-order valence-corrected chi connectivity index (χ4v) is 1.42. The molecule has 0 bridgehead atoms. The Hall–Kier alpha value is -0.610. The second kappa shape index (κ2) is 4.75. The highest BCUT2D eigenvalue weighted by molar-refractivity contribution is 6.32. The molecule has 78 valence electrons.